The summed E-state index contributed by atoms with van der Waals surface area (Å²) >= 11 is 0. The molecule has 0 heterocycles. The number of fused-ring (bicyclic) bond motifs is 1. The molecule has 2 aromatic rings. The molecule has 29 heavy (non-hydrogen) atoms. The second kappa shape index (κ2) is 8.08. The molecule has 0 unspecified atom stereocenters. The fourth-order valence-electron chi connectivity index (χ4n) is 3.30. The number of carbonyl (C=O) groups is 2. The van der Waals surface area contributed by atoms with Gasteiger partial charge in [0.2, 0.25) is 10.0 Å². The summed E-state index contributed by atoms with van der Waals surface area (Å²) in [5, 5.41) is 0. The zero-order valence-electron chi connectivity index (χ0n) is 16.8. The van der Waals surface area contributed by atoms with Crippen LogP contribution in [-0.2, 0) is 27.6 Å². The summed E-state index contributed by atoms with van der Waals surface area (Å²) in [6, 6.07) is 11.1. The van der Waals surface area contributed by atoms with Crippen LogP contribution in [0, 0.1) is 0 Å². The van der Waals surface area contributed by atoms with Crippen molar-refractivity contribution in [3.63, 3.8) is 0 Å². The van der Waals surface area contributed by atoms with Crippen molar-refractivity contribution in [2.45, 2.75) is 50.5 Å². The van der Waals surface area contributed by atoms with Crippen LogP contribution in [0.4, 0.5) is 0 Å². The van der Waals surface area contributed by atoms with E-state index in [1.165, 1.54) is 35.4 Å². The van der Waals surface area contributed by atoms with Crippen molar-refractivity contribution in [1.82, 2.24) is 4.72 Å². The van der Waals surface area contributed by atoms with E-state index in [0.29, 0.717) is 5.56 Å². The smallest absolute Gasteiger partial charge is 0.338 e. The maximum Gasteiger partial charge on any atom is 0.338 e. The zero-order valence-corrected chi connectivity index (χ0v) is 17.6. The van der Waals surface area contributed by atoms with Gasteiger partial charge in [0.15, 0.2) is 12.4 Å². The highest BCUT2D eigenvalue weighted by molar-refractivity contribution is 7.89. The van der Waals surface area contributed by atoms with Crippen LogP contribution in [0.25, 0.3) is 0 Å². The summed E-state index contributed by atoms with van der Waals surface area (Å²) in [6.07, 6.45) is 3.08. The molecule has 1 N–H and O–H groups in total. The van der Waals surface area contributed by atoms with E-state index in [9.17, 15) is 18.0 Å². The molecule has 0 saturated carbocycles. The van der Waals surface area contributed by atoms with E-state index in [4.69, 9.17) is 4.74 Å². The fourth-order valence-corrected chi connectivity index (χ4v) is 4.76. The molecule has 3 rings (SSSR count). The molecule has 1 aliphatic rings. The van der Waals surface area contributed by atoms with E-state index >= 15 is 0 Å². The van der Waals surface area contributed by atoms with Gasteiger partial charge in [0.25, 0.3) is 0 Å². The van der Waals surface area contributed by atoms with Crippen molar-refractivity contribution in [3.8, 4) is 0 Å². The number of carbonyl (C=O) groups excluding carboxylic acids is 2. The van der Waals surface area contributed by atoms with Crippen molar-refractivity contribution in [2.24, 2.45) is 0 Å². The van der Waals surface area contributed by atoms with Gasteiger partial charge in [0.1, 0.15) is 0 Å². The molecule has 1 aliphatic carbocycles. The van der Waals surface area contributed by atoms with Gasteiger partial charge in [-0.2, -0.15) is 0 Å². The number of Topliss-reactive ketones (excluding diaryl/α,β-unsaturated/α-hetero) is 1. The number of nitrogens with one attached hydrogen (secondary N) is 1. The van der Waals surface area contributed by atoms with Gasteiger partial charge >= 0.3 is 5.97 Å². The SMILES string of the molecule is CC(C)(C)NS(=O)(=O)c1cccc(C(=O)OCC(=O)c2ccc3c(c2)CCC3)c1. The Morgan fingerprint density at radius 1 is 1.00 bits per heavy atom. The highest BCUT2D eigenvalue weighted by Gasteiger charge is 2.23. The molecule has 0 bridgehead atoms. The maximum atomic E-state index is 12.4. The molecule has 0 atom stereocenters. The molecule has 0 spiro atoms. The Morgan fingerprint density at radius 2 is 1.72 bits per heavy atom. The van der Waals surface area contributed by atoms with Crippen LogP contribution >= 0.6 is 0 Å². The van der Waals surface area contributed by atoms with Gasteiger partial charge in [-0.3, -0.25) is 4.79 Å². The Hall–Kier alpha value is -2.51. The van der Waals surface area contributed by atoms with Crippen LogP contribution in [0.2, 0.25) is 0 Å². The van der Waals surface area contributed by atoms with Crippen LogP contribution < -0.4 is 4.72 Å². The standard InChI is InChI=1S/C22H25NO5S/c1-22(2,3)23-29(26,27)19-9-5-8-18(13-19)21(25)28-14-20(24)17-11-10-15-6-4-7-16(15)12-17/h5,8-13,23H,4,6-7,14H2,1-3H3. The van der Waals surface area contributed by atoms with E-state index in [0.717, 1.165) is 19.3 Å². The molecule has 0 amide bonds. The molecule has 154 valence electrons. The Bertz CT molecular complexity index is 1050. The van der Waals surface area contributed by atoms with E-state index in [1.807, 2.05) is 12.1 Å². The van der Waals surface area contributed by atoms with Crippen LogP contribution in [0.3, 0.4) is 0 Å². The van der Waals surface area contributed by atoms with E-state index in [-0.39, 0.29) is 16.2 Å². The first-order valence-electron chi connectivity index (χ1n) is 9.51. The largest absolute Gasteiger partial charge is 0.454 e. The average molecular weight is 416 g/mol. The van der Waals surface area contributed by atoms with Crippen molar-refractivity contribution >= 4 is 21.8 Å². The zero-order chi connectivity index (χ0) is 21.2. The lowest BCUT2D eigenvalue weighted by Crippen LogP contribution is -2.40. The predicted octanol–water partition coefficient (Wildman–Crippen LogP) is 3.29. The normalized spacial score (nSPS) is 13.8. The van der Waals surface area contributed by atoms with Gasteiger partial charge in [0, 0.05) is 11.1 Å². The summed E-state index contributed by atoms with van der Waals surface area (Å²) in [5.74, 6) is -1.03. The average Bonchev–Trinajstić information content (AvgIpc) is 3.11. The Labute approximate surface area is 171 Å². The third kappa shape index (κ3) is 5.31. The topological polar surface area (TPSA) is 89.5 Å². The Morgan fingerprint density at radius 3 is 2.45 bits per heavy atom. The molecular formula is C22H25NO5S. The summed E-state index contributed by atoms with van der Waals surface area (Å²) < 4.78 is 32.6. The van der Waals surface area contributed by atoms with Crippen molar-refractivity contribution in [3.05, 3.63) is 64.7 Å². The lowest BCUT2D eigenvalue weighted by atomic mass is 10.0. The van der Waals surface area contributed by atoms with E-state index < -0.39 is 28.1 Å². The van der Waals surface area contributed by atoms with Gasteiger partial charge in [-0.15, -0.1) is 0 Å². The Balaban J connectivity index is 1.67. The van der Waals surface area contributed by atoms with E-state index in [2.05, 4.69) is 4.72 Å². The summed E-state index contributed by atoms with van der Waals surface area (Å²) in [6.45, 7) is 4.79. The molecular weight excluding hydrogens is 390 g/mol. The van der Waals surface area contributed by atoms with Crippen molar-refractivity contribution in [1.29, 1.82) is 0 Å². The minimum Gasteiger partial charge on any atom is -0.454 e. The maximum absolute atomic E-state index is 12.4. The number of benzene rings is 2. The Kier molecular flexibility index (Phi) is 5.91. The molecule has 0 saturated heterocycles. The minimum atomic E-state index is -3.78. The number of rotatable bonds is 6. The summed E-state index contributed by atoms with van der Waals surface area (Å²) in [7, 11) is -3.78. The molecule has 0 radical (unpaired) electrons. The van der Waals surface area contributed by atoms with E-state index in [1.54, 1.807) is 26.8 Å². The fraction of sp³-hybridized carbons (Fsp3) is 0.364. The van der Waals surface area contributed by atoms with Crippen molar-refractivity contribution in [2.75, 3.05) is 6.61 Å². The quantitative estimate of drug-likeness (QED) is 0.578. The third-order valence-electron chi connectivity index (χ3n) is 4.58. The first kappa shape index (κ1) is 21.2. The van der Waals surface area contributed by atoms with Crippen LogP contribution in [0.1, 0.15) is 59.0 Å². The monoisotopic (exact) mass is 415 g/mol. The van der Waals surface area contributed by atoms with Crippen LogP contribution in [0.15, 0.2) is 47.4 Å². The minimum absolute atomic E-state index is 0.0353. The lowest BCUT2D eigenvalue weighted by molar-refractivity contribution is 0.0474. The predicted molar refractivity (Wildman–Crippen MR) is 110 cm³/mol. The molecule has 7 heteroatoms. The second-order valence-corrected chi connectivity index (χ2v) is 9.90. The number of hydrogen-bond acceptors (Lipinski definition) is 5. The number of aryl methyl sites for hydroxylation is 2. The number of hydrogen-bond donors (Lipinski definition) is 1. The number of esters is 1. The van der Waals surface area contributed by atoms with Gasteiger partial charge in [-0.25, -0.2) is 17.9 Å². The molecule has 0 fully saturated rings. The highest BCUT2D eigenvalue weighted by atomic mass is 32.2. The molecule has 6 nitrogen and oxygen atoms in total. The number of ether oxygens (including phenoxy) is 1. The van der Waals surface area contributed by atoms with Gasteiger partial charge in [0.05, 0.1) is 10.5 Å². The van der Waals surface area contributed by atoms with Gasteiger partial charge < -0.3 is 4.74 Å². The first-order chi connectivity index (χ1) is 13.5. The highest BCUT2D eigenvalue weighted by Crippen LogP contribution is 2.23. The van der Waals surface area contributed by atoms with Gasteiger partial charge in [-0.1, -0.05) is 18.2 Å². The van der Waals surface area contributed by atoms with Crippen LogP contribution in [0.5, 0.6) is 0 Å². The lowest BCUT2D eigenvalue weighted by Gasteiger charge is -2.20. The second-order valence-electron chi connectivity index (χ2n) is 8.22. The third-order valence-corrected chi connectivity index (χ3v) is 6.33. The van der Waals surface area contributed by atoms with Gasteiger partial charge in [-0.05, 0) is 75.4 Å². The van der Waals surface area contributed by atoms with Crippen LogP contribution in [-0.4, -0.2) is 32.3 Å². The molecule has 0 aliphatic heterocycles. The number of ketones is 1. The molecule has 0 aromatic heterocycles. The summed E-state index contributed by atoms with van der Waals surface area (Å²) in [4.78, 5) is 24.7. The first-order valence-corrected chi connectivity index (χ1v) is 11.0. The summed E-state index contributed by atoms with van der Waals surface area (Å²) in [5.41, 5.74) is 2.37. The number of sulfonamides is 1. The van der Waals surface area contributed by atoms with Crippen molar-refractivity contribution < 1.29 is 22.7 Å². The molecule has 2 aromatic carbocycles.